The molecule has 2 aliphatic rings. The maximum absolute atomic E-state index is 12.0. The molecular formula is C20H21BClNO3. The molecule has 4 rings (SSSR count). The molecule has 0 radical (unpaired) electrons. The minimum absolute atomic E-state index is 0.00119. The summed E-state index contributed by atoms with van der Waals surface area (Å²) in [5, 5.41) is 3.65. The molecule has 2 aromatic carbocycles. The van der Waals surface area contributed by atoms with Crippen molar-refractivity contribution in [1.29, 1.82) is 0 Å². The summed E-state index contributed by atoms with van der Waals surface area (Å²) < 4.78 is 12.4. The molecule has 1 amide bonds. The van der Waals surface area contributed by atoms with E-state index in [0.29, 0.717) is 11.4 Å². The Balaban J connectivity index is 1.81. The first-order valence-electron chi connectivity index (χ1n) is 8.74. The van der Waals surface area contributed by atoms with Crippen LogP contribution in [0.3, 0.4) is 0 Å². The van der Waals surface area contributed by atoms with Crippen LogP contribution in [0.4, 0.5) is 5.69 Å². The molecule has 0 saturated carbocycles. The lowest BCUT2D eigenvalue weighted by atomic mass is 9.76. The van der Waals surface area contributed by atoms with Crippen molar-refractivity contribution in [3.05, 3.63) is 47.0 Å². The van der Waals surface area contributed by atoms with Crippen LogP contribution in [0.1, 0.15) is 33.3 Å². The number of benzene rings is 2. The number of amides is 1. The van der Waals surface area contributed by atoms with Crippen molar-refractivity contribution < 1.29 is 14.1 Å². The van der Waals surface area contributed by atoms with E-state index in [1.54, 1.807) is 0 Å². The SMILES string of the molecule is CC1(C)OB(c2cc3c(c(-c4ccc(Cl)cc4)c2)NC(=O)C3)OC1(C)C. The largest absolute Gasteiger partial charge is 0.494 e. The summed E-state index contributed by atoms with van der Waals surface area (Å²) in [6, 6.07) is 11.7. The maximum atomic E-state index is 12.0. The monoisotopic (exact) mass is 369 g/mol. The Morgan fingerprint density at radius 3 is 2.27 bits per heavy atom. The van der Waals surface area contributed by atoms with E-state index in [1.165, 1.54) is 0 Å². The molecule has 1 fully saturated rings. The van der Waals surface area contributed by atoms with Gasteiger partial charge in [0.2, 0.25) is 5.91 Å². The zero-order valence-corrected chi connectivity index (χ0v) is 16.1. The van der Waals surface area contributed by atoms with Gasteiger partial charge in [0.15, 0.2) is 0 Å². The van der Waals surface area contributed by atoms with Crippen molar-refractivity contribution >= 4 is 35.8 Å². The van der Waals surface area contributed by atoms with Crippen molar-refractivity contribution in [3.8, 4) is 11.1 Å². The molecule has 2 heterocycles. The number of carbonyl (C=O) groups excluding carboxylic acids is 1. The minimum Gasteiger partial charge on any atom is -0.399 e. The van der Waals surface area contributed by atoms with Gasteiger partial charge in [0, 0.05) is 10.6 Å². The molecule has 0 unspecified atom stereocenters. The number of hydrogen-bond acceptors (Lipinski definition) is 3. The first-order chi connectivity index (χ1) is 12.2. The Labute approximate surface area is 159 Å². The normalized spacial score (nSPS) is 20.2. The van der Waals surface area contributed by atoms with Crippen molar-refractivity contribution in [2.24, 2.45) is 0 Å². The fourth-order valence-electron chi connectivity index (χ4n) is 3.34. The second-order valence-corrected chi connectivity index (χ2v) is 8.36. The third-order valence-electron chi connectivity index (χ3n) is 5.54. The first-order valence-corrected chi connectivity index (χ1v) is 9.12. The van der Waals surface area contributed by atoms with E-state index in [9.17, 15) is 4.79 Å². The lowest BCUT2D eigenvalue weighted by molar-refractivity contribution is -0.115. The van der Waals surface area contributed by atoms with Gasteiger partial charge in [0.05, 0.1) is 23.3 Å². The number of carbonyl (C=O) groups is 1. The van der Waals surface area contributed by atoms with Crippen molar-refractivity contribution in [2.45, 2.75) is 45.3 Å². The molecule has 1 saturated heterocycles. The average Bonchev–Trinajstić information content (AvgIpc) is 3.03. The van der Waals surface area contributed by atoms with Gasteiger partial charge in [0.1, 0.15) is 0 Å². The van der Waals surface area contributed by atoms with Crippen molar-refractivity contribution in [3.63, 3.8) is 0 Å². The molecule has 0 bridgehead atoms. The standard InChI is InChI=1S/C20H21BClNO3/c1-19(2)20(3,4)26-21(25-19)14-9-13-10-17(24)23-18(13)16(11-14)12-5-7-15(22)8-6-12/h5-9,11H,10H2,1-4H3,(H,23,24). The Morgan fingerprint density at radius 2 is 1.65 bits per heavy atom. The summed E-state index contributed by atoms with van der Waals surface area (Å²) in [6.45, 7) is 8.13. The van der Waals surface area contributed by atoms with Crippen molar-refractivity contribution in [2.75, 3.05) is 5.32 Å². The molecule has 0 spiro atoms. The summed E-state index contributed by atoms with van der Waals surface area (Å²) in [5.74, 6) is 0.00119. The quantitative estimate of drug-likeness (QED) is 0.819. The molecule has 26 heavy (non-hydrogen) atoms. The summed E-state index contributed by atoms with van der Waals surface area (Å²) in [5.41, 5.74) is 3.87. The van der Waals surface area contributed by atoms with Gasteiger partial charge < -0.3 is 14.6 Å². The lowest BCUT2D eigenvalue weighted by Gasteiger charge is -2.32. The van der Waals surface area contributed by atoms with Crippen LogP contribution in [0.15, 0.2) is 36.4 Å². The zero-order chi connectivity index (χ0) is 18.7. The Morgan fingerprint density at radius 1 is 1.04 bits per heavy atom. The van der Waals surface area contributed by atoms with Gasteiger partial charge in [0.25, 0.3) is 0 Å². The highest BCUT2D eigenvalue weighted by atomic mass is 35.5. The van der Waals surface area contributed by atoms with Crippen LogP contribution in [0, 0.1) is 0 Å². The molecule has 0 aliphatic carbocycles. The topological polar surface area (TPSA) is 47.6 Å². The van der Waals surface area contributed by atoms with Crippen LogP contribution < -0.4 is 10.8 Å². The lowest BCUT2D eigenvalue weighted by Crippen LogP contribution is -2.41. The van der Waals surface area contributed by atoms with Gasteiger partial charge in [-0.2, -0.15) is 0 Å². The number of rotatable bonds is 2. The van der Waals surface area contributed by atoms with Crippen LogP contribution in [-0.2, 0) is 20.5 Å². The summed E-state index contributed by atoms with van der Waals surface area (Å²) >= 11 is 6.03. The molecule has 1 N–H and O–H groups in total. The highest BCUT2D eigenvalue weighted by Gasteiger charge is 2.52. The third kappa shape index (κ3) is 2.84. The van der Waals surface area contributed by atoms with E-state index in [2.05, 4.69) is 5.32 Å². The number of fused-ring (bicyclic) bond motifs is 1. The first kappa shape index (κ1) is 17.6. The van der Waals surface area contributed by atoms with Gasteiger partial charge >= 0.3 is 7.12 Å². The van der Waals surface area contributed by atoms with E-state index < -0.39 is 18.3 Å². The van der Waals surface area contributed by atoms with Crippen LogP contribution in [0.2, 0.25) is 5.02 Å². The van der Waals surface area contributed by atoms with Gasteiger partial charge in [-0.1, -0.05) is 35.9 Å². The molecule has 134 valence electrons. The number of hydrogen-bond donors (Lipinski definition) is 1. The van der Waals surface area contributed by atoms with Crippen LogP contribution in [0.25, 0.3) is 11.1 Å². The van der Waals surface area contributed by atoms with Gasteiger partial charge in [-0.05, 0) is 56.4 Å². The van der Waals surface area contributed by atoms with Gasteiger partial charge in [-0.25, -0.2) is 0 Å². The number of nitrogens with one attached hydrogen (secondary N) is 1. The van der Waals surface area contributed by atoms with Gasteiger partial charge in [-0.3, -0.25) is 4.79 Å². The summed E-state index contributed by atoms with van der Waals surface area (Å²) in [4.78, 5) is 12.0. The second kappa shape index (κ2) is 5.84. The summed E-state index contributed by atoms with van der Waals surface area (Å²) in [7, 11) is -0.466. The molecule has 0 aromatic heterocycles. The van der Waals surface area contributed by atoms with Crippen LogP contribution in [0.5, 0.6) is 0 Å². The maximum Gasteiger partial charge on any atom is 0.494 e. The molecule has 6 heteroatoms. The molecule has 2 aliphatic heterocycles. The molecule has 2 aromatic rings. The van der Waals surface area contributed by atoms with E-state index in [-0.39, 0.29) is 5.91 Å². The predicted octanol–water partition coefficient (Wildman–Crippen LogP) is 3.80. The highest BCUT2D eigenvalue weighted by molar-refractivity contribution is 6.62. The van der Waals surface area contributed by atoms with E-state index in [0.717, 1.165) is 27.8 Å². The van der Waals surface area contributed by atoms with Crippen molar-refractivity contribution in [1.82, 2.24) is 0 Å². The molecular weight excluding hydrogens is 348 g/mol. The Hall–Kier alpha value is -1.82. The fourth-order valence-corrected chi connectivity index (χ4v) is 3.47. The van der Waals surface area contributed by atoms with E-state index >= 15 is 0 Å². The number of anilines is 1. The van der Waals surface area contributed by atoms with Gasteiger partial charge in [-0.15, -0.1) is 0 Å². The number of halogens is 1. The highest BCUT2D eigenvalue weighted by Crippen LogP contribution is 2.39. The third-order valence-corrected chi connectivity index (χ3v) is 5.79. The molecule has 0 atom stereocenters. The predicted molar refractivity (Wildman–Crippen MR) is 105 cm³/mol. The Bertz CT molecular complexity index is 877. The average molecular weight is 370 g/mol. The smallest absolute Gasteiger partial charge is 0.399 e. The minimum atomic E-state index is -0.466. The fraction of sp³-hybridized carbons (Fsp3) is 0.350. The summed E-state index contributed by atoms with van der Waals surface area (Å²) in [6.07, 6.45) is 0.364. The Kier molecular flexibility index (Phi) is 3.95. The molecule has 4 nitrogen and oxygen atoms in total. The van der Waals surface area contributed by atoms with Crippen LogP contribution in [-0.4, -0.2) is 24.2 Å². The second-order valence-electron chi connectivity index (χ2n) is 7.92. The van der Waals surface area contributed by atoms with Crippen LogP contribution >= 0.6 is 11.6 Å². The van der Waals surface area contributed by atoms with E-state index in [1.807, 2.05) is 64.1 Å². The van der Waals surface area contributed by atoms with E-state index in [4.69, 9.17) is 20.9 Å². The zero-order valence-electron chi connectivity index (χ0n) is 15.4.